The van der Waals surface area contributed by atoms with Crippen molar-refractivity contribution in [1.82, 2.24) is 5.32 Å². The van der Waals surface area contributed by atoms with Crippen LogP contribution in [0.3, 0.4) is 0 Å². The number of benzene rings is 2. The molecule has 0 spiro atoms. The number of hydrogen-bond acceptors (Lipinski definition) is 1. The van der Waals surface area contributed by atoms with Crippen molar-refractivity contribution in [3.05, 3.63) is 53.1 Å². The van der Waals surface area contributed by atoms with E-state index in [0.29, 0.717) is 0 Å². The third kappa shape index (κ3) is 1.56. The lowest BCUT2D eigenvalue weighted by Crippen LogP contribution is -2.32. The molecule has 1 unspecified atom stereocenters. The van der Waals surface area contributed by atoms with E-state index in [2.05, 4.69) is 36.5 Å². The van der Waals surface area contributed by atoms with Crippen LogP contribution in [0, 0.1) is 6.92 Å². The monoisotopic (exact) mass is 238 g/mol. The number of rotatable bonds is 1. The van der Waals surface area contributed by atoms with Crippen LogP contribution in [0.2, 0.25) is 0 Å². The first-order valence-electron chi connectivity index (χ1n) is 5.93. The smallest absolute Gasteiger partial charge is 0.312 e. The van der Waals surface area contributed by atoms with E-state index in [0.717, 1.165) is 5.56 Å². The number of nitrogens with two attached hydrogens (primary N) is 1. The van der Waals surface area contributed by atoms with Crippen molar-refractivity contribution in [1.29, 1.82) is 0 Å². The molecule has 2 aromatic rings. The number of carbonyl (C=O) groups excluding carboxylic acids is 1. The van der Waals surface area contributed by atoms with E-state index in [1.165, 1.54) is 21.9 Å². The molecule has 3 N–H and O–H groups in total. The first kappa shape index (κ1) is 10.8. The summed E-state index contributed by atoms with van der Waals surface area (Å²) in [5, 5.41) is 5.15. The molecule has 0 radical (unpaired) electrons. The van der Waals surface area contributed by atoms with Gasteiger partial charge in [0.15, 0.2) is 0 Å². The van der Waals surface area contributed by atoms with Crippen molar-refractivity contribution in [2.75, 3.05) is 0 Å². The van der Waals surface area contributed by atoms with Crippen molar-refractivity contribution in [2.45, 2.75) is 13.0 Å². The van der Waals surface area contributed by atoms with E-state index in [4.69, 9.17) is 5.73 Å². The fourth-order valence-corrected chi connectivity index (χ4v) is 2.59. The van der Waals surface area contributed by atoms with Gasteiger partial charge in [-0.1, -0.05) is 42.5 Å². The lowest BCUT2D eigenvalue weighted by Gasteiger charge is -2.22. The molecule has 3 nitrogen and oxygen atoms in total. The van der Waals surface area contributed by atoms with Crippen molar-refractivity contribution >= 4 is 22.9 Å². The molecule has 1 aliphatic rings. The Bertz CT molecular complexity index is 673. The molecular formula is C15H14N2O. The van der Waals surface area contributed by atoms with E-state index in [1.54, 1.807) is 0 Å². The minimum atomic E-state index is -0.502. The van der Waals surface area contributed by atoms with Gasteiger partial charge >= 0.3 is 6.03 Å². The van der Waals surface area contributed by atoms with Crippen LogP contribution in [-0.2, 0) is 0 Å². The lowest BCUT2D eigenvalue weighted by molar-refractivity contribution is 0.247. The Morgan fingerprint density at radius 3 is 2.89 bits per heavy atom. The van der Waals surface area contributed by atoms with Gasteiger partial charge < -0.3 is 11.1 Å². The first-order valence-corrected chi connectivity index (χ1v) is 5.93. The molecule has 18 heavy (non-hydrogen) atoms. The molecule has 90 valence electrons. The first-order chi connectivity index (χ1) is 8.66. The lowest BCUT2D eigenvalue weighted by atomic mass is 9.88. The zero-order valence-corrected chi connectivity index (χ0v) is 10.1. The zero-order valence-electron chi connectivity index (χ0n) is 10.1. The minimum Gasteiger partial charge on any atom is -0.352 e. The van der Waals surface area contributed by atoms with Crippen LogP contribution in [-0.4, -0.2) is 6.03 Å². The van der Waals surface area contributed by atoms with Crippen LogP contribution >= 0.6 is 0 Å². The van der Waals surface area contributed by atoms with Crippen molar-refractivity contribution in [2.24, 2.45) is 5.73 Å². The van der Waals surface area contributed by atoms with Gasteiger partial charge in [-0.15, -0.1) is 0 Å². The Morgan fingerprint density at radius 2 is 2.11 bits per heavy atom. The Labute approximate surface area is 105 Å². The van der Waals surface area contributed by atoms with Crippen LogP contribution in [0.5, 0.6) is 0 Å². The third-order valence-electron chi connectivity index (χ3n) is 3.42. The predicted octanol–water partition coefficient (Wildman–Crippen LogP) is 2.88. The number of urea groups is 1. The molecule has 0 heterocycles. The Morgan fingerprint density at radius 1 is 1.28 bits per heavy atom. The van der Waals surface area contributed by atoms with E-state index in [-0.39, 0.29) is 6.04 Å². The number of aryl methyl sites for hydroxylation is 1. The summed E-state index contributed by atoms with van der Waals surface area (Å²) in [6.45, 7) is 2.09. The highest BCUT2D eigenvalue weighted by molar-refractivity contribution is 5.97. The highest BCUT2D eigenvalue weighted by Crippen LogP contribution is 2.34. The number of carbonyl (C=O) groups is 1. The number of primary amides is 1. The average Bonchev–Trinajstić information content (AvgIpc) is 2.35. The maximum absolute atomic E-state index is 11.0. The Kier molecular flexibility index (Phi) is 2.33. The molecule has 2 amide bonds. The van der Waals surface area contributed by atoms with Crippen LogP contribution < -0.4 is 11.1 Å². The largest absolute Gasteiger partial charge is 0.352 e. The number of amides is 2. The molecule has 0 aromatic heterocycles. The molecule has 0 saturated heterocycles. The predicted molar refractivity (Wildman–Crippen MR) is 73.2 cm³/mol. The summed E-state index contributed by atoms with van der Waals surface area (Å²) in [5.74, 6) is 0. The van der Waals surface area contributed by atoms with Gasteiger partial charge in [0.2, 0.25) is 0 Å². The molecule has 0 bridgehead atoms. The summed E-state index contributed by atoms with van der Waals surface area (Å²) in [6, 6.07) is 9.72. The second-order valence-corrected chi connectivity index (χ2v) is 4.59. The van der Waals surface area contributed by atoms with Crippen LogP contribution in [0.25, 0.3) is 16.8 Å². The Hall–Kier alpha value is -2.29. The van der Waals surface area contributed by atoms with E-state index in [9.17, 15) is 4.79 Å². The Balaban J connectivity index is 2.27. The zero-order chi connectivity index (χ0) is 12.7. The van der Waals surface area contributed by atoms with Crippen LogP contribution in [0.15, 0.2) is 36.4 Å². The molecule has 0 saturated carbocycles. The molecular weight excluding hydrogens is 224 g/mol. The summed E-state index contributed by atoms with van der Waals surface area (Å²) in [5.41, 5.74) is 8.79. The molecule has 3 heteroatoms. The van der Waals surface area contributed by atoms with Crippen molar-refractivity contribution in [3.8, 4) is 0 Å². The molecule has 0 fully saturated rings. The van der Waals surface area contributed by atoms with Gasteiger partial charge in [0, 0.05) is 0 Å². The van der Waals surface area contributed by atoms with Gasteiger partial charge in [-0.05, 0) is 34.4 Å². The molecule has 1 atom stereocenters. The maximum Gasteiger partial charge on any atom is 0.312 e. The molecule has 2 aromatic carbocycles. The SMILES string of the molecule is Cc1ccc2cccc3c2c1C=CC3NC(N)=O. The van der Waals surface area contributed by atoms with Crippen LogP contribution in [0.1, 0.15) is 22.7 Å². The van der Waals surface area contributed by atoms with Gasteiger partial charge in [0.25, 0.3) is 0 Å². The fraction of sp³-hybridized carbons (Fsp3) is 0.133. The van der Waals surface area contributed by atoms with Crippen molar-refractivity contribution < 1.29 is 4.79 Å². The fourth-order valence-electron chi connectivity index (χ4n) is 2.59. The highest BCUT2D eigenvalue weighted by Gasteiger charge is 2.19. The van der Waals surface area contributed by atoms with Gasteiger partial charge in [0.1, 0.15) is 0 Å². The quantitative estimate of drug-likeness (QED) is 0.788. The van der Waals surface area contributed by atoms with Gasteiger partial charge in [0.05, 0.1) is 6.04 Å². The molecule has 1 aliphatic carbocycles. The van der Waals surface area contributed by atoms with Gasteiger partial charge in [-0.2, -0.15) is 0 Å². The second kappa shape index (κ2) is 3.88. The van der Waals surface area contributed by atoms with Gasteiger partial charge in [-0.25, -0.2) is 4.79 Å². The standard InChI is InChI=1S/C15H14N2O/c1-9-5-6-10-3-2-4-12-13(17-15(16)18)8-7-11(9)14(10)12/h2-8,13H,1H3,(H3,16,17,18). The summed E-state index contributed by atoms with van der Waals surface area (Å²) in [6.07, 6.45) is 4.04. The highest BCUT2D eigenvalue weighted by atomic mass is 16.2. The maximum atomic E-state index is 11.0. The summed E-state index contributed by atoms with van der Waals surface area (Å²) < 4.78 is 0. The topological polar surface area (TPSA) is 55.1 Å². The van der Waals surface area contributed by atoms with Crippen molar-refractivity contribution in [3.63, 3.8) is 0 Å². The molecule has 3 rings (SSSR count). The van der Waals surface area contributed by atoms with E-state index < -0.39 is 6.03 Å². The molecule has 0 aliphatic heterocycles. The number of nitrogens with one attached hydrogen (secondary N) is 1. The summed E-state index contributed by atoms with van der Waals surface area (Å²) in [4.78, 5) is 11.0. The van der Waals surface area contributed by atoms with E-state index >= 15 is 0 Å². The number of hydrogen-bond donors (Lipinski definition) is 2. The van der Waals surface area contributed by atoms with E-state index in [1.807, 2.05) is 18.2 Å². The third-order valence-corrected chi connectivity index (χ3v) is 3.42. The minimum absolute atomic E-state index is 0.138. The summed E-state index contributed by atoms with van der Waals surface area (Å²) >= 11 is 0. The normalized spacial score (nSPS) is 16.8. The van der Waals surface area contributed by atoms with Gasteiger partial charge in [-0.3, -0.25) is 0 Å². The second-order valence-electron chi connectivity index (χ2n) is 4.59. The van der Waals surface area contributed by atoms with Crippen LogP contribution in [0.4, 0.5) is 4.79 Å². The average molecular weight is 238 g/mol. The summed E-state index contributed by atoms with van der Waals surface area (Å²) in [7, 11) is 0.